The van der Waals surface area contributed by atoms with Crippen molar-refractivity contribution in [2.24, 2.45) is 0 Å². The molecule has 3 heteroatoms. The lowest BCUT2D eigenvalue weighted by Gasteiger charge is -1.90. The number of hydrogen-bond donors (Lipinski definition) is 2. The summed E-state index contributed by atoms with van der Waals surface area (Å²) in [5, 5.41) is 8.77. The molecule has 0 aliphatic rings. The zero-order valence-electron chi connectivity index (χ0n) is 5.01. The van der Waals surface area contributed by atoms with Crippen LogP contribution >= 0.6 is 0 Å². The maximum Gasteiger partial charge on any atom is 0.251 e. The second-order valence-electron chi connectivity index (χ2n) is 1.87. The highest BCUT2D eigenvalue weighted by molar-refractivity contribution is 5.20. The Bertz CT molecular complexity index is 264. The lowest BCUT2D eigenvalue weighted by molar-refractivity contribution is 0.471. The van der Waals surface area contributed by atoms with Gasteiger partial charge in [-0.1, -0.05) is 0 Å². The van der Waals surface area contributed by atoms with Gasteiger partial charge in [0.1, 0.15) is 5.75 Å². The van der Waals surface area contributed by atoms with Crippen molar-refractivity contribution in [1.82, 2.24) is 4.98 Å². The Morgan fingerprint density at radius 2 is 2.33 bits per heavy atom. The van der Waals surface area contributed by atoms with Crippen LogP contribution in [0.15, 0.2) is 17.1 Å². The molecule has 9 heavy (non-hydrogen) atoms. The van der Waals surface area contributed by atoms with E-state index in [2.05, 4.69) is 4.98 Å². The van der Waals surface area contributed by atoms with Crippen LogP contribution in [0.3, 0.4) is 0 Å². The van der Waals surface area contributed by atoms with Gasteiger partial charge in [0.25, 0.3) is 5.56 Å². The number of hydrogen-bond acceptors (Lipinski definition) is 2. The minimum Gasteiger partial charge on any atom is -0.506 e. The summed E-state index contributed by atoms with van der Waals surface area (Å²) in [6.07, 6.45) is 1.26. The molecule has 1 rings (SSSR count). The van der Waals surface area contributed by atoms with Crippen molar-refractivity contribution in [3.63, 3.8) is 0 Å². The van der Waals surface area contributed by atoms with Gasteiger partial charge in [0.15, 0.2) is 0 Å². The van der Waals surface area contributed by atoms with Crippen molar-refractivity contribution in [3.05, 3.63) is 28.2 Å². The summed E-state index contributed by atoms with van der Waals surface area (Å²) < 4.78 is 0. The summed E-state index contributed by atoms with van der Waals surface area (Å²) in [7, 11) is 0. The highest BCUT2D eigenvalue weighted by atomic mass is 16.3. The first-order valence-corrected chi connectivity index (χ1v) is 2.58. The van der Waals surface area contributed by atoms with Crippen LogP contribution < -0.4 is 5.56 Å². The maximum absolute atomic E-state index is 10.6. The van der Waals surface area contributed by atoms with Crippen LogP contribution in [-0.4, -0.2) is 10.1 Å². The second-order valence-corrected chi connectivity index (χ2v) is 1.87. The first-order valence-electron chi connectivity index (χ1n) is 2.58. The molecule has 0 bridgehead atoms. The topological polar surface area (TPSA) is 53.1 Å². The van der Waals surface area contributed by atoms with Gasteiger partial charge >= 0.3 is 0 Å². The number of aromatic nitrogens is 1. The molecule has 0 atom stereocenters. The van der Waals surface area contributed by atoms with Crippen LogP contribution in [0.1, 0.15) is 5.56 Å². The Balaban J connectivity index is 3.34. The smallest absolute Gasteiger partial charge is 0.251 e. The zero-order valence-corrected chi connectivity index (χ0v) is 5.01. The largest absolute Gasteiger partial charge is 0.506 e. The number of aromatic amines is 1. The Morgan fingerprint density at radius 1 is 1.67 bits per heavy atom. The summed E-state index contributed by atoms with van der Waals surface area (Å²) in [6, 6.07) is 1.42. The number of aryl methyl sites for hydroxylation is 1. The van der Waals surface area contributed by atoms with E-state index in [0.29, 0.717) is 5.56 Å². The molecule has 0 aromatic carbocycles. The molecular weight excluding hydrogens is 118 g/mol. The Morgan fingerprint density at radius 3 is 2.78 bits per heavy atom. The molecule has 0 aliphatic heterocycles. The third-order valence-corrected chi connectivity index (χ3v) is 1.07. The molecule has 0 aliphatic carbocycles. The van der Waals surface area contributed by atoms with Gasteiger partial charge in [-0.3, -0.25) is 4.79 Å². The van der Waals surface area contributed by atoms with Gasteiger partial charge in [-0.2, -0.15) is 0 Å². The molecule has 0 radical (unpaired) electrons. The van der Waals surface area contributed by atoms with Crippen LogP contribution in [0.2, 0.25) is 0 Å². The van der Waals surface area contributed by atoms with Crippen molar-refractivity contribution < 1.29 is 5.11 Å². The van der Waals surface area contributed by atoms with Gasteiger partial charge < -0.3 is 10.1 Å². The third-order valence-electron chi connectivity index (χ3n) is 1.07. The van der Waals surface area contributed by atoms with E-state index < -0.39 is 0 Å². The van der Waals surface area contributed by atoms with Gasteiger partial charge in [0, 0.05) is 11.8 Å². The van der Waals surface area contributed by atoms with Crippen LogP contribution in [0.25, 0.3) is 0 Å². The number of H-pyrrole nitrogens is 1. The Kier molecular flexibility index (Phi) is 1.26. The van der Waals surface area contributed by atoms with Gasteiger partial charge in [-0.05, 0) is 13.0 Å². The Labute approximate surface area is 52.0 Å². The van der Waals surface area contributed by atoms with Crippen LogP contribution in [-0.2, 0) is 0 Å². The minimum absolute atomic E-state index is 0.0899. The number of rotatable bonds is 0. The minimum atomic E-state index is -0.159. The zero-order chi connectivity index (χ0) is 6.85. The van der Waals surface area contributed by atoms with Crippen LogP contribution in [0, 0.1) is 6.92 Å². The second kappa shape index (κ2) is 1.93. The van der Waals surface area contributed by atoms with Crippen LogP contribution in [0.4, 0.5) is 0 Å². The monoisotopic (exact) mass is 125 g/mol. The van der Waals surface area contributed by atoms with E-state index >= 15 is 0 Å². The average Bonchev–Trinajstić information content (AvgIpc) is 1.80. The molecule has 1 aromatic heterocycles. The molecule has 0 amide bonds. The molecule has 0 spiro atoms. The van der Waals surface area contributed by atoms with Gasteiger partial charge in [-0.15, -0.1) is 0 Å². The molecule has 1 heterocycles. The summed E-state index contributed by atoms with van der Waals surface area (Å²) >= 11 is 0. The molecule has 3 nitrogen and oxygen atoms in total. The number of pyridine rings is 1. The summed E-state index contributed by atoms with van der Waals surface area (Å²) in [4.78, 5) is 13.0. The highest BCUT2D eigenvalue weighted by Gasteiger charge is 1.91. The fourth-order valence-electron chi connectivity index (χ4n) is 0.582. The summed E-state index contributed by atoms with van der Waals surface area (Å²) in [5.74, 6) is 0.0899. The fraction of sp³-hybridized carbons (Fsp3) is 0.167. The number of aromatic hydroxyl groups is 1. The van der Waals surface area contributed by atoms with Crippen molar-refractivity contribution in [1.29, 1.82) is 0 Å². The van der Waals surface area contributed by atoms with Gasteiger partial charge in [0.05, 0.1) is 0 Å². The third kappa shape index (κ3) is 1.10. The molecule has 0 fully saturated rings. The molecule has 1 aromatic rings. The SMILES string of the molecule is Cc1cc(O)c[nH]c1=O. The molecule has 48 valence electrons. The first-order chi connectivity index (χ1) is 4.20. The highest BCUT2D eigenvalue weighted by Crippen LogP contribution is 2.02. The van der Waals surface area contributed by atoms with Crippen molar-refractivity contribution in [2.75, 3.05) is 0 Å². The predicted octanol–water partition coefficient (Wildman–Crippen LogP) is 0.389. The predicted molar refractivity (Wildman–Crippen MR) is 33.5 cm³/mol. The Hall–Kier alpha value is -1.25. The van der Waals surface area contributed by atoms with E-state index in [1.165, 1.54) is 12.3 Å². The van der Waals surface area contributed by atoms with Crippen molar-refractivity contribution >= 4 is 0 Å². The van der Waals surface area contributed by atoms with Crippen molar-refractivity contribution in [2.45, 2.75) is 6.92 Å². The first kappa shape index (κ1) is 5.88. The molecule has 0 saturated heterocycles. The van der Waals surface area contributed by atoms with E-state index in [-0.39, 0.29) is 11.3 Å². The lowest BCUT2D eigenvalue weighted by Crippen LogP contribution is -2.06. The summed E-state index contributed by atoms with van der Waals surface area (Å²) in [6.45, 7) is 1.64. The standard InChI is InChI=1S/C6H7NO2/c1-4-2-5(8)3-7-6(4)9/h2-3,8H,1H3,(H,7,9). The lowest BCUT2D eigenvalue weighted by atomic mass is 10.3. The molecule has 0 unspecified atom stereocenters. The van der Waals surface area contributed by atoms with E-state index in [1.807, 2.05) is 0 Å². The average molecular weight is 125 g/mol. The van der Waals surface area contributed by atoms with E-state index in [4.69, 9.17) is 5.11 Å². The fourth-order valence-corrected chi connectivity index (χ4v) is 0.582. The molecule has 0 saturated carbocycles. The molecule has 2 N–H and O–H groups in total. The van der Waals surface area contributed by atoms with Crippen molar-refractivity contribution in [3.8, 4) is 5.75 Å². The summed E-state index contributed by atoms with van der Waals surface area (Å²) in [5.41, 5.74) is 0.364. The van der Waals surface area contributed by atoms with E-state index in [9.17, 15) is 4.79 Å². The quantitative estimate of drug-likeness (QED) is 0.527. The van der Waals surface area contributed by atoms with Gasteiger partial charge in [0.2, 0.25) is 0 Å². The van der Waals surface area contributed by atoms with Crippen LogP contribution in [0.5, 0.6) is 5.75 Å². The normalized spacial score (nSPS) is 9.44. The van der Waals surface area contributed by atoms with Gasteiger partial charge in [-0.25, -0.2) is 0 Å². The maximum atomic E-state index is 10.6. The number of nitrogens with one attached hydrogen (secondary N) is 1. The van der Waals surface area contributed by atoms with E-state index in [1.54, 1.807) is 6.92 Å². The van der Waals surface area contributed by atoms with E-state index in [0.717, 1.165) is 0 Å². The molecular formula is C6H7NO2.